The summed E-state index contributed by atoms with van der Waals surface area (Å²) in [6.07, 6.45) is 0. The topological polar surface area (TPSA) is 55.1 Å². The lowest BCUT2D eigenvalue weighted by Crippen LogP contribution is -2.13. The van der Waals surface area contributed by atoms with Gasteiger partial charge in [-0.05, 0) is 42.8 Å². The molecule has 3 N–H and O–H groups in total. The third-order valence-corrected chi connectivity index (χ3v) is 2.63. The molecule has 0 unspecified atom stereocenters. The van der Waals surface area contributed by atoms with Crippen LogP contribution in [-0.2, 0) is 0 Å². The van der Waals surface area contributed by atoms with Gasteiger partial charge in [-0.1, -0.05) is 6.07 Å². The minimum absolute atomic E-state index is 0.0433. The van der Waals surface area contributed by atoms with Gasteiger partial charge in [-0.15, -0.1) is 0 Å². The number of aryl methyl sites for hydroxylation is 1. The zero-order valence-corrected chi connectivity index (χ0v) is 10.2. The van der Waals surface area contributed by atoms with Crippen LogP contribution in [-0.4, -0.2) is 5.91 Å². The lowest BCUT2D eigenvalue weighted by Gasteiger charge is -2.08. The number of hydrogen-bond acceptors (Lipinski definition) is 2. The highest BCUT2D eigenvalue weighted by Crippen LogP contribution is 2.18. The molecule has 98 valence electrons. The summed E-state index contributed by atoms with van der Waals surface area (Å²) >= 11 is 0. The zero-order valence-electron chi connectivity index (χ0n) is 10.2. The third kappa shape index (κ3) is 2.88. The average molecular weight is 262 g/mol. The summed E-state index contributed by atoms with van der Waals surface area (Å²) in [6.45, 7) is 1.78. The molecule has 0 atom stereocenters. The van der Waals surface area contributed by atoms with Crippen molar-refractivity contribution < 1.29 is 13.6 Å². The van der Waals surface area contributed by atoms with Gasteiger partial charge in [-0.25, -0.2) is 8.78 Å². The number of anilines is 2. The average Bonchev–Trinajstić information content (AvgIpc) is 2.37. The molecule has 0 bridgehead atoms. The van der Waals surface area contributed by atoms with Crippen LogP contribution in [0.15, 0.2) is 36.4 Å². The predicted octanol–water partition coefficient (Wildman–Crippen LogP) is 3.11. The number of carbonyl (C=O) groups is 1. The largest absolute Gasteiger partial charge is 0.396 e. The Morgan fingerprint density at radius 1 is 1.11 bits per heavy atom. The number of nitrogens with two attached hydrogens (primary N) is 1. The van der Waals surface area contributed by atoms with E-state index in [1.165, 1.54) is 24.3 Å². The summed E-state index contributed by atoms with van der Waals surface area (Å²) in [6, 6.07) is 8.03. The molecule has 0 aromatic heterocycles. The van der Waals surface area contributed by atoms with E-state index in [1.54, 1.807) is 13.0 Å². The van der Waals surface area contributed by atoms with Crippen LogP contribution >= 0.6 is 0 Å². The van der Waals surface area contributed by atoms with Gasteiger partial charge >= 0.3 is 0 Å². The van der Waals surface area contributed by atoms with Gasteiger partial charge in [0.25, 0.3) is 5.91 Å². The maximum absolute atomic E-state index is 13.5. The van der Waals surface area contributed by atoms with Gasteiger partial charge in [0.2, 0.25) is 0 Å². The maximum atomic E-state index is 13.5. The van der Waals surface area contributed by atoms with E-state index in [0.29, 0.717) is 0 Å². The van der Waals surface area contributed by atoms with Crippen molar-refractivity contribution in [3.8, 4) is 0 Å². The lowest BCUT2D eigenvalue weighted by atomic mass is 10.1. The highest BCUT2D eigenvalue weighted by molar-refractivity contribution is 6.04. The first-order valence-electron chi connectivity index (χ1n) is 5.60. The van der Waals surface area contributed by atoms with Crippen LogP contribution in [0, 0.1) is 18.6 Å². The number of rotatable bonds is 2. The first kappa shape index (κ1) is 13.0. The molecule has 0 saturated heterocycles. The minimum Gasteiger partial charge on any atom is -0.396 e. The molecule has 1 amide bonds. The molecule has 0 aliphatic heterocycles. The minimum atomic E-state index is -0.683. The summed E-state index contributed by atoms with van der Waals surface area (Å²) in [5.74, 6) is -1.82. The maximum Gasteiger partial charge on any atom is 0.255 e. The highest BCUT2D eigenvalue weighted by Gasteiger charge is 2.11. The van der Waals surface area contributed by atoms with Gasteiger partial charge in [0.15, 0.2) is 0 Å². The Balaban J connectivity index is 2.25. The van der Waals surface area contributed by atoms with Gasteiger partial charge in [0.05, 0.1) is 11.4 Å². The fraction of sp³-hybridized carbons (Fsp3) is 0.0714. The Hall–Kier alpha value is -2.43. The van der Waals surface area contributed by atoms with Crippen molar-refractivity contribution >= 4 is 17.3 Å². The number of amides is 1. The monoisotopic (exact) mass is 262 g/mol. The first-order chi connectivity index (χ1) is 8.97. The Kier molecular flexibility index (Phi) is 3.46. The van der Waals surface area contributed by atoms with Crippen LogP contribution in [0.3, 0.4) is 0 Å². The fourth-order valence-corrected chi connectivity index (χ4v) is 1.60. The van der Waals surface area contributed by atoms with E-state index in [-0.39, 0.29) is 16.9 Å². The van der Waals surface area contributed by atoms with Crippen molar-refractivity contribution in [3.63, 3.8) is 0 Å². The summed E-state index contributed by atoms with van der Waals surface area (Å²) in [5, 5.41) is 2.39. The predicted molar refractivity (Wildman–Crippen MR) is 69.9 cm³/mol. The van der Waals surface area contributed by atoms with Crippen LogP contribution in [0.4, 0.5) is 20.2 Å². The molecule has 0 saturated carbocycles. The zero-order chi connectivity index (χ0) is 14.0. The molecular weight excluding hydrogens is 250 g/mol. The summed E-state index contributed by atoms with van der Waals surface area (Å²) in [5.41, 5.74) is 6.22. The van der Waals surface area contributed by atoms with Crippen LogP contribution in [0.5, 0.6) is 0 Å². The fourth-order valence-electron chi connectivity index (χ4n) is 1.60. The SMILES string of the molecule is Cc1ccc(F)c(NC(=O)c2ccc(N)c(F)c2)c1. The molecule has 19 heavy (non-hydrogen) atoms. The van der Waals surface area contributed by atoms with Gasteiger partial charge in [-0.3, -0.25) is 4.79 Å². The number of nitrogens with one attached hydrogen (secondary N) is 1. The van der Waals surface area contributed by atoms with E-state index in [0.717, 1.165) is 11.6 Å². The molecule has 2 aromatic rings. The van der Waals surface area contributed by atoms with Crippen molar-refractivity contribution in [1.29, 1.82) is 0 Å². The second-order valence-corrected chi connectivity index (χ2v) is 4.17. The van der Waals surface area contributed by atoms with Gasteiger partial charge in [-0.2, -0.15) is 0 Å². The van der Waals surface area contributed by atoms with Crippen LogP contribution < -0.4 is 11.1 Å². The van der Waals surface area contributed by atoms with Crippen molar-refractivity contribution in [3.05, 3.63) is 59.2 Å². The van der Waals surface area contributed by atoms with E-state index < -0.39 is 17.5 Å². The van der Waals surface area contributed by atoms with E-state index in [9.17, 15) is 13.6 Å². The van der Waals surface area contributed by atoms with Crippen LogP contribution in [0.2, 0.25) is 0 Å². The molecule has 0 aliphatic carbocycles. The van der Waals surface area contributed by atoms with Crippen molar-refractivity contribution in [2.45, 2.75) is 6.92 Å². The van der Waals surface area contributed by atoms with Crippen molar-refractivity contribution in [2.24, 2.45) is 0 Å². The molecule has 5 heteroatoms. The van der Waals surface area contributed by atoms with Gasteiger partial charge in [0, 0.05) is 5.56 Å². The molecule has 0 radical (unpaired) electrons. The number of benzene rings is 2. The Bertz CT molecular complexity index is 641. The van der Waals surface area contributed by atoms with E-state index in [4.69, 9.17) is 5.73 Å². The van der Waals surface area contributed by atoms with Gasteiger partial charge < -0.3 is 11.1 Å². The van der Waals surface area contributed by atoms with E-state index in [1.807, 2.05) is 0 Å². The smallest absolute Gasteiger partial charge is 0.255 e. The molecule has 0 fully saturated rings. The Morgan fingerprint density at radius 3 is 2.53 bits per heavy atom. The quantitative estimate of drug-likeness (QED) is 0.817. The Labute approximate surface area is 109 Å². The van der Waals surface area contributed by atoms with Crippen LogP contribution in [0.1, 0.15) is 15.9 Å². The lowest BCUT2D eigenvalue weighted by molar-refractivity contribution is 0.102. The standard InChI is InChI=1S/C14H12F2N2O/c1-8-2-4-10(15)13(6-8)18-14(19)9-3-5-12(17)11(16)7-9/h2-7H,17H2,1H3,(H,18,19). The highest BCUT2D eigenvalue weighted by atomic mass is 19.1. The summed E-state index contributed by atoms with van der Waals surface area (Å²) in [4.78, 5) is 11.9. The van der Waals surface area contributed by atoms with Gasteiger partial charge in [0.1, 0.15) is 11.6 Å². The van der Waals surface area contributed by atoms with Crippen molar-refractivity contribution in [2.75, 3.05) is 11.1 Å². The normalized spacial score (nSPS) is 10.3. The number of hydrogen-bond donors (Lipinski definition) is 2. The molecule has 0 spiro atoms. The third-order valence-electron chi connectivity index (χ3n) is 2.63. The summed E-state index contributed by atoms with van der Waals surface area (Å²) in [7, 11) is 0. The second kappa shape index (κ2) is 5.06. The van der Waals surface area contributed by atoms with Crippen LogP contribution in [0.25, 0.3) is 0 Å². The summed E-state index contributed by atoms with van der Waals surface area (Å²) < 4.78 is 26.7. The number of nitrogen functional groups attached to an aromatic ring is 1. The van der Waals surface area contributed by atoms with Crippen molar-refractivity contribution in [1.82, 2.24) is 0 Å². The van der Waals surface area contributed by atoms with E-state index in [2.05, 4.69) is 5.32 Å². The number of halogens is 2. The Morgan fingerprint density at radius 2 is 1.84 bits per heavy atom. The second-order valence-electron chi connectivity index (χ2n) is 4.17. The molecule has 2 rings (SSSR count). The molecule has 0 heterocycles. The molecule has 3 nitrogen and oxygen atoms in total. The first-order valence-corrected chi connectivity index (χ1v) is 5.60. The molecule has 2 aromatic carbocycles. The van der Waals surface area contributed by atoms with E-state index >= 15 is 0 Å². The number of carbonyl (C=O) groups excluding carboxylic acids is 1. The molecule has 0 aliphatic rings. The molecular formula is C14H12F2N2O.